The summed E-state index contributed by atoms with van der Waals surface area (Å²) < 4.78 is 5.87. The second kappa shape index (κ2) is 8.37. The molecule has 0 saturated carbocycles. The Morgan fingerprint density at radius 1 is 1.26 bits per heavy atom. The SMILES string of the molecule is C=S(C)O[Si+](C)CC(C)Cc1cc(C)cc(-n2nc3ccccc3n2)c1O. The van der Waals surface area contributed by atoms with Gasteiger partial charge in [0.05, 0.1) is 12.6 Å². The van der Waals surface area contributed by atoms with Crippen LogP contribution in [-0.2, 0) is 10.3 Å². The second-order valence-electron chi connectivity index (χ2n) is 7.14. The molecule has 0 aliphatic heterocycles. The van der Waals surface area contributed by atoms with Gasteiger partial charge in [-0.25, -0.2) is 0 Å². The summed E-state index contributed by atoms with van der Waals surface area (Å²) in [7, 11) is -1.10. The van der Waals surface area contributed by atoms with Crippen LogP contribution in [0.1, 0.15) is 18.1 Å². The fourth-order valence-electron chi connectivity index (χ4n) is 3.32. The Bertz CT molecular complexity index is 940. The summed E-state index contributed by atoms with van der Waals surface area (Å²) in [5.74, 6) is 4.60. The van der Waals surface area contributed by atoms with Gasteiger partial charge in [0.25, 0.3) is 0 Å². The lowest BCUT2D eigenvalue weighted by molar-refractivity contribution is 0.454. The van der Waals surface area contributed by atoms with E-state index in [0.717, 1.165) is 34.6 Å². The fourth-order valence-corrected chi connectivity index (χ4v) is 6.66. The van der Waals surface area contributed by atoms with Crippen LogP contribution in [0.4, 0.5) is 0 Å². The molecule has 2 aromatic carbocycles. The summed E-state index contributed by atoms with van der Waals surface area (Å²) in [6.07, 6.45) is 2.79. The lowest BCUT2D eigenvalue weighted by Gasteiger charge is -2.14. The van der Waals surface area contributed by atoms with Crippen molar-refractivity contribution in [2.24, 2.45) is 5.92 Å². The monoisotopic (exact) mass is 400 g/mol. The number of aromatic hydroxyl groups is 1. The van der Waals surface area contributed by atoms with E-state index in [9.17, 15) is 5.11 Å². The molecule has 1 N–H and O–H groups in total. The maximum Gasteiger partial charge on any atom is 0.490 e. The second-order valence-corrected chi connectivity index (χ2v) is 10.8. The van der Waals surface area contributed by atoms with E-state index in [1.165, 1.54) is 4.80 Å². The van der Waals surface area contributed by atoms with Crippen molar-refractivity contribution in [2.75, 3.05) is 6.26 Å². The molecule has 0 saturated heterocycles. The predicted octanol–water partition coefficient (Wildman–Crippen LogP) is 4.50. The average molecular weight is 401 g/mol. The number of hydrogen-bond acceptors (Lipinski definition) is 4. The minimum absolute atomic E-state index is 0.227. The summed E-state index contributed by atoms with van der Waals surface area (Å²) in [5.41, 5.74) is 4.26. The molecule has 0 fully saturated rings. The van der Waals surface area contributed by atoms with Crippen LogP contribution in [0.15, 0.2) is 36.4 Å². The Hall–Kier alpha value is -1.96. The van der Waals surface area contributed by atoms with Crippen molar-refractivity contribution in [1.29, 1.82) is 0 Å². The van der Waals surface area contributed by atoms with Crippen molar-refractivity contribution < 1.29 is 8.98 Å². The number of hydrogen-bond donors (Lipinski definition) is 1. The van der Waals surface area contributed by atoms with Crippen molar-refractivity contribution >= 4 is 36.7 Å². The Morgan fingerprint density at radius 3 is 2.48 bits per heavy atom. The van der Waals surface area contributed by atoms with Gasteiger partial charge in [-0.2, -0.15) is 3.87 Å². The van der Waals surface area contributed by atoms with Crippen LogP contribution in [0, 0.1) is 12.8 Å². The van der Waals surface area contributed by atoms with Gasteiger partial charge in [-0.1, -0.05) is 25.1 Å². The highest BCUT2D eigenvalue weighted by Crippen LogP contribution is 2.31. The number of aryl methyl sites for hydroxylation is 1. The van der Waals surface area contributed by atoms with Gasteiger partial charge in [0.2, 0.25) is 0 Å². The number of fused-ring (bicyclic) bond motifs is 1. The minimum atomic E-state index is -0.870. The summed E-state index contributed by atoms with van der Waals surface area (Å²) in [4.78, 5) is 1.53. The molecule has 3 aromatic rings. The van der Waals surface area contributed by atoms with Crippen molar-refractivity contribution in [3.05, 3.63) is 47.5 Å². The molecule has 2 unspecified atom stereocenters. The van der Waals surface area contributed by atoms with Crippen molar-refractivity contribution in [3.63, 3.8) is 0 Å². The normalized spacial score (nSPS) is 13.6. The third kappa shape index (κ3) is 4.85. The molecule has 2 atom stereocenters. The van der Waals surface area contributed by atoms with E-state index in [1.807, 2.05) is 49.6 Å². The van der Waals surface area contributed by atoms with Gasteiger partial charge >= 0.3 is 9.04 Å². The fraction of sp³-hybridized carbons (Fsp3) is 0.350. The molecule has 27 heavy (non-hydrogen) atoms. The van der Waals surface area contributed by atoms with Gasteiger partial charge in [0.15, 0.2) is 0 Å². The molecule has 0 spiro atoms. The zero-order valence-corrected chi connectivity index (χ0v) is 18.1. The van der Waals surface area contributed by atoms with Crippen LogP contribution in [0.3, 0.4) is 0 Å². The van der Waals surface area contributed by atoms with E-state index >= 15 is 0 Å². The number of benzene rings is 2. The third-order valence-corrected chi connectivity index (χ3v) is 7.85. The molecule has 0 aliphatic rings. The first-order valence-corrected chi connectivity index (χ1v) is 12.8. The quantitative estimate of drug-likeness (QED) is 0.469. The summed E-state index contributed by atoms with van der Waals surface area (Å²) >= 11 is 0. The molecular formula is C20H26N3O2SSi+. The van der Waals surface area contributed by atoms with E-state index in [0.29, 0.717) is 11.6 Å². The average Bonchev–Trinajstić information content (AvgIpc) is 3.00. The maximum atomic E-state index is 10.9. The Labute approximate surface area is 164 Å². The van der Waals surface area contributed by atoms with Crippen LogP contribution < -0.4 is 0 Å². The predicted molar refractivity (Wildman–Crippen MR) is 116 cm³/mol. The van der Waals surface area contributed by atoms with E-state index in [-0.39, 0.29) is 16.5 Å². The van der Waals surface area contributed by atoms with Crippen LogP contribution in [0.2, 0.25) is 12.6 Å². The molecule has 142 valence electrons. The van der Waals surface area contributed by atoms with Crippen LogP contribution in [-0.4, -0.2) is 41.3 Å². The van der Waals surface area contributed by atoms with Crippen molar-refractivity contribution in [2.45, 2.75) is 32.9 Å². The van der Waals surface area contributed by atoms with E-state index in [1.54, 1.807) is 0 Å². The molecule has 0 bridgehead atoms. The van der Waals surface area contributed by atoms with E-state index < -0.39 is 9.04 Å². The topological polar surface area (TPSA) is 60.2 Å². The summed E-state index contributed by atoms with van der Waals surface area (Å²) in [5, 5.41) is 19.9. The van der Waals surface area contributed by atoms with Gasteiger partial charge < -0.3 is 5.11 Å². The number of aromatic nitrogens is 3. The number of nitrogens with zero attached hydrogens (tertiary/aromatic N) is 3. The van der Waals surface area contributed by atoms with Gasteiger partial charge in [-0.05, 0) is 65.2 Å². The van der Waals surface area contributed by atoms with Crippen LogP contribution in [0.5, 0.6) is 5.75 Å². The highest BCUT2D eigenvalue weighted by Gasteiger charge is 2.27. The lowest BCUT2D eigenvalue weighted by Crippen LogP contribution is -2.15. The molecule has 5 nitrogen and oxygen atoms in total. The van der Waals surface area contributed by atoms with Gasteiger partial charge in [0, 0.05) is 6.26 Å². The Morgan fingerprint density at radius 2 is 1.89 bits per heavy atom. The number of rotatable bonds is 7. The Kier molecular flexibility index (Phi) is 6.14. The van der Waals surface area contributed by atoms with Crippen molar-refractivity contribution in [3.8, 4) is 11.4 Å². The van der Waals surface area contributed by atoms with E-state index in [2.05, 4.69) is 29.5 Å². The maximum absolute atomic E-state index is 10.9. The molecule has 1 aromatic heterocycles. The zero-order valence-electron chi connectivity index (χ0n) is 16.3. The minimum Gasteiger partial charge on any atom is -0.505 e. The Balaban J connectivity index is 1.86. The molecule has 0 amide bonds. The zero-order chi connectivity index (χ0) is 19.6. The first-order valence-electron chi connectivity index (χ1n) is 8.95. The van der Waals surface area contributed by atoms with Crippen LogP contribution >= 0.6 is 10.8 Å². The highest BCUT2D eigenvalue weighted by molar-refractivity contribution is 8.09. The number of phenolic OH excluding ortho intramolecular Hbond substituents is 1. The largest absolute Gasteiger partial charge is 0.505 e. The first-order chi connectivity index (χ1) is 12.8. The molecule has 0 radical (unpaired) electrons. The van der Waals surface area contributed by atoms with E-state index in [4.69, 9.17) is 3.87 Å². The standard InChI is InChI=1S/C20H25N3O2SSi/c1-14-10-16(11-15(2)13-27(5)25-26(3)4)20(24)19(12-14)23-21-17-8-6-7-9-18(17)22-23/h6-10,12,15H,3,11,13H2,1-2,4-5H3/p+1. The third-order valence-electron chi connectivity index (χ3n) is 4.30. The van der Waals surface area contributed by atoms with Crippen LogP contribution in [0.25, 0.3) is 16.7 Å². The van der Waals surface area contributed by atoms with Gasteiger partial charge in [-0.3, -0.25) is 0 Å². The molecule has 7 heteroatoms. The van der Waals surface area contributed by atoms with Gasteiger partial charge in [-0.15, -0.1) is 15.0 Å². The van der Waals surface area contributed by atoms with Crippen molar-refractivity contribution in [1.82, 2.24) is 15.0 Å². The molecular weight excluding hydrogens is 374 g/mol. The highest BCUT2D eigenvalue weighted by atomic mass is 32.2. The van der Waals surface area contributed by atoms with Gasteiger partial charge in [0.1, 0.15) is 22.5 Å². The molecule has 3 rings (SSSR count). The smallest absolute Gasteiger partial charge is 0.490 e. The molecule has 0 aliphatic carbocycles. The first kappa shape index (κ1) is 19.8. The lowest BCUT2D eigenvalue weighted by atomic mass is 9.99. The molecule has 1 heterocycles. The summed E-state index contributed by atoms with van der Waals surface area (Å²) in [6, 6.07) is 12.7. The summed E-state index contributed by atoms with van der Waals surface area (Å²) in [6.45, 7) is 6.41. The number of phenols is 1.